The maximum absolute atomic E-state index is 12.0. The minimum atomic E-state index is -0.441. The van der Waals surface area contributed by atoms with E-state index in [1.54, 1.807) is 6.92 Å². The molecule has 3 heteroatoms. The van der Waals surface area contributed by atoms with E-state index in [4.69, 9.17) is 9.47 Å². The summed E-state index contributed by atoms with van der Waals surface area (Å²) in [6, 6.07) is 0. The highest BCUT2D eigenvalue weighted by Crippen LogP contribution is 2.62. The highest BCUT2D eigenvalue weighted by atomic mass is 16.7. The number of allylic oxidation sites excluding steroid dienone is 4. The van der Waals surface area contributed by atoms with Crippen molar-refractivity contribution < 1.29 is 14.3 Å². The summed E-state index contributed by atoms with van der Waals surface area (Å²) in [5.74, 6) is 0.611. The van der Waals surface area contributed by atoms with Gasteiger partial charge >= 0.3 is 0 Å². The molecule has 0 aromatic carbocycles. The van der Waals surface area contributed by atoms with E-state index in [1.807, 2.05) is 0 Å². The summed E-state index contributed by atoms with van der Waals surface area (Å²) in [6.07, 6.45) is 6.82. The van der Waals surface area contributed by atoms with Crippen LogP contribution >= 0.6 is 0 Å². The quantitative estimate of drug-likeness (QED) is 0.691. The summed E-state index contributed by atoms with van der Waals surface area (Å²) < 4.78 is 12.3. The lowest BCUT2D eigenvalue weighted by atomic mass is 9.61. The van der Waals surface area contributed by atoms with Gasteiger partial charge in [-0.15, -0.1) is 0 Å². The van der Waals surface area contributed by atoms with Crippen LogP contribution in [0.4, 0.5) is 0 Å². The van der Waals surface area contributed by atoms with Crippen LogP contribution in [0.3, 0.4) is 0 Å². The van der Waals surface area contributed by atoms with Crippen molar-refractivity contribution >= 4 is 5.78 Å². The van der Waals surface area contributed by atoms with Gasteiger partial charge in [-0.2, -0.15) is 0 Å². The van der Waals surface area contributed by atoms with Crippen molar-refractivity contribution in [1.82, 2.24) is 0 Å². The third kappa shape index (κ3) is 2.72. The summed E-state index contributed by atoms with van der Waals surface area (Å²) in [4.78, 5) is 12.0. The molecule has 0 unspecified atom stereocenters. The van der Waals surface area contributed by atoms with Crippen LogP contribution in [0.1, 0.15) is 52.9 Å². The Labute approximate surface area is 145 Å². The van der Waals surface area contributed by atoms with E-state index in [0.29, 0.717) is 37.0 Å². The van der Waals surface area contributed by atoms with Crippen LogP contribution in [0, 0.1) is 17.3 Å². The Hall–Kier alpha value is -1.19. The molecule has 24 heavy (non-hydrogen) atoms. The van der Waals surface area contributed by atoms with Gasteiger partial charge in [0.15, 0.2) is 11.6 Å². The van der Waals surface area contributed by atoms with Crippen LogP contribution in [-0.4, -0.2) is 24.8 Å². The Morgan fingerprint density at radius 2 is 1.96 bits per heavy atom. The molecule has 132 valence electrons. The average molecular weight is 330 g/mol. The first-order valence-corrected chi connectivity index (χ1v) is 9.12. The van der Waals surface area contributed by atoms with Crippen molar-refractivity contribution in [2.45, 2.75) is 58.7 Å². The van der Waals surface area contributed by atoms with E-state index in [9.17, 15) is 4.79 Å². The van der Waals surface area contributed by atoms with Gasteiger partial charge in [0.05, 0.1) is 13.2 Å². The number of carbonyl (C=O) groups excluding carboxylic acids is 1. The van der Waals surface area contributed by atoms with Crippen LogP contribution in [0.2, 0.25) is 0 Å². The minimum absolute atomic E-state index is 0.0382. The van der Waals surface area contributed by atoms with Crippen LogP contribution < -0.4 is 0 Å². The molecular formula is C21H30O3. The fourth-order valence-electron chi connectivity index (χ4n) is 5.03. The lowest BCUT2D eigenvalue weighted by molar-refractivity contribution is -0.227. The fourth-order valence-corrected chi connectivity index (χ4v) is 5.03. The van der Waals surface area contributed by atoms with Crippen molar-refractivity contribution in [3.05, 3.63) is 36.0 Å². The van der Waals surface area contributed by atoms with Crippen LogP contribution in [0.25, 0.3) is 0 Å². The summed E-state index contributed by atoms with van der Waals surface area (Å²) in [5.41, 5.74) is 3.04. The first-order valence-electron chi connectivity index (χ1n) is 9.12. The van der Waals surface area contributed by atoms with Crippen molar-refractivity contribution in [3.63, 3.8) is 0 Å². The van der Waals surface area contributed by atoms with E-state index >= 15 is 0 Å². The molecular weight excluding hydrogens is 300 g/mol. The van der Waals surface area contributed by atoms with Gasteiger partial charge in [0.25, 0.3) is 0 Å². The number of hydrogen-bond acceptors (Lipinski definition) is 3. The van der Waals surface area contributed by atoms with Crippen molar-refractivity contribution in [3.8, 4) is 0 Å². The van der Waals surface area contributed by atoms with Crippen LogP contribution in [0.5, 0.6) is 0 Å². The van der Waals surface area contributed by atoms with Crippen molar-refractivity contribution in [2.75, 3.05) is 13.2 Å². The highest BCUT2D eigenvalue weighted by Gasteiger charge is 2.63. The topological polar surface area (TPSA) is 35.5 Å². The van der Waals surface area contributed by atoms with Crippen LogP contribution in [0.15, 0.2) is 36.0 Å². The molecule has 0 radical (unpaired) electrons. The number of rotatable bonds is 5. The van der Waals surface area contributed by atoms with Crippen molar-refractivity contribution in [1.29, 1.82) is 0 Å². The summed E-state index contributed by atoms with van der Waals surface area (Å²) >= 11 is 0. The predicted octanol–water partition coefficient (Wildman–Crippen LogP) is 4.59. The normalized spacial score (nSPS) is 34.0. The Kier molecular flexibility index (Phi) is 4.61. The maximum Gasteiger partial charge on any atom is 0.174 e. The SMILES string of the molecule is C=C(C)C(=O)CC[C@@H]1C=C(C(=C)C)C[C@@]2(C)[C@H]1CCC21OCCO1. The summed E-state index contributed by atoms with van der Waals surface area (Å²) in [6.45, 7) is 15.5. The molecule has 1 spiro atoms. The zero-order chi connectivity index (χ0) is 17.5. The molecule has 3 nitrogen and oxygen atoms in total. The van der Waals surface area contributed by atoms with Crippen LogP contribution in [-0.2, 0) is 14.3 Å². The Bertz CT molecular complexity index is 594. The van der Waals surface area contributed by atoms with Gasteiger partial charge in [-0.25, -0.2) is 0 Å². The smallest absolute Gasteiger partial charge is 0.174 e. The largest absolute Gasteiger partial charge is 0.347 e. The molecule has 0 amide bonds. The van der Waals surface area contributed by atoms with E-state index in [-0.39, 0.29) is 11.2 Å². The van der Waals surface area contributed by atoms with Gasteiger partial charge in [-0.05, 0) is 56.1 Å². The molecule has 3 aliphatic rings. The standard InChI is InChI=1S/C21H30O3/c1-14(2)17-12-16(6-7-19(22)15(3)4)18-8-9-21(20(18,5)13-17)23-10-11-24-21/h12,16,18H,1,3,6-11,13H2,2,4-5H3/t16-,18+,20+/m1/s1. The molecule has 1 saturated carbocycles. The number of ether oxygens (including phenoxy) is 2. The van der Waals surface area contributed by atoms with Gasteiger partial charge in [0.2, 0.25) is 0 Å². The predicted molar refractivity (Wildman–Crippen MR) is 95.5 cm³/mol. The Morgan fingerprint density at radius 1 is 1.29 bits per heavy atom. The summed E-state index contributed by atoms with van der Waals surface area (Å²) in [7, 11) is 0. The zero-order valence-electron chi connectivity index (χ0n) is 15.3. The molecule has 2 aliphatic carbocycles. The molecule has 3 rings (SSSR count). The fraction of sp³-hybridized carbons (Fsp3) is 0.667. The van der Waals surface area contributed by atoms with E-state index in [1.165, 1.54) is 5.57 Å². The average Bonchev–Trinajstić information content (AvgIpc) is 3.11. The Morgan fingerprint density at radius 3 is 2.54 bits per heavy atom. The van der Waals surface area contributed by atoms with E-state index in [0.717, 1.165) is 31.3 Å². The second-order valence-corrected chi connectivity index (χ2v) is 8.07. The number of carbonyl (C=O) groups is 1. The molecule has 2 fully saturated rings. The molecule has 1 heterocycles. The lowest BCUT2D eigenvalue weighted by Gasteiger charge is -2.48. The van der Waals surface area contributed by atoms with Gasteiger partial charge in [0, 0.05) is 18.3 Å². The van der Waals surface area contributed by atoms with Gasteiger partial charge in [-0.1, -0.05) is 31.7 Å². The number of hydrogen-bond donors (Lipinski definition) is 0. The molecule has 0 N–H and O–H groups in total. The number of Topliss-reactive ketones (excluding diaryl/α,β-unsaturated/α-hetero) is 1. The summed E-state index contributed by atoms with van der Waals surface area (Å²) in [5, 5.41) is 0. The number of ketones is 1. The maximum atomic E-state index is 12.0. The van der Waals surface area contributed by atoms with E-state index < -0.39 is 5.79 Å². The third-order valence-electron chi connectivity index (χ3n) is 6.45. The molecule has 0 bridgehead atoms. The van der Waals surface area contributed by atoms with Gasteiger partial charge in [0.1, 0.15) is 0 Å². The molecule has 3 atom stereocenters. The minimum Gasteiger partial charge on any atom is -0.347 e. The first-order chi connectivity index (χ1) is 11.3. The van der Waals surface area contributed by atoms with E-state index in [2.05, 4.69) is 33.1 Å². The second-order valence-electron chi connectivity index (χ2n) is 8.07. The monoisotopic (exact) mass is 330 g/mol. The second kappa shape index (κ2) is 6.27. The first kappa shape index (κ1) is 17.6. The Balaban J connectivity index is 1.88. The van der Waals surface area contributed by atoms with Crippen molar-refractivity contribution in [2.24, 2.45) is 17.3 Å². The van der Waals surface area contributed by atoms with Gasteiger partial charge in [-0.3, -0.25) is 4.79 Å². The highest BCUT2D eigenvalue weighted by molar-refractivity contribution is 5.94. The molecule has 1 aliphatic heterocycles. The lowest BCUT2D eigenvalue weighted by Crippen LogP contribution is -2.49. The zero-order valence-corrected chi connectivity index (χ0v) is 15.3. The molecule has 0 aromatic heterocycles. The molecule has 1 saturated heterocycles. The third-order valence-corrected chi connectivity index (χ3v) is 6.45. The molecule has 0 aromatic rings. The van der Waals surface area contributed by atoms with Gasteiger partial charge < -0.3 is 9.47 Å². The number of fused-ring (bicyclic) bond motifs is 2.